The van der Waals surface area contributed by atoms with Crippen LogP contribution >= 0.6 is 0 Å². The lowest BCUT2D eigenvalue weighted by Gasteiger charge is -2.39. The van der Waals surface area contributed by atoms with Crippen molar-refractivity contribution in [2.75, 3.05) is 31.6 Å². The maximum Gasteiger partial charge on any atom is 0.316 e. The number of para-hydroxylation sites is 1. The van der Waals surface area contributed by atoms with Gasteiger partial charge in [-0.15, -0.1) is 0 Å². The Hall–Kier alpha value is -2.77. The summed E-state index contributed by atoms with van der Waals surface area (Å²) in [5, 5.41) is 12.6. The van der Waals surface area contributed by atoms with Crippen molar-refractivity contribution in [2.24, 2.45) is 5.73 Å². The SMILES string of the molecule is NC(=O)Nc1ccc(OC2CN(CC(O)COc3ccccc3)C2)cc1. The van der Waals surface area contributed by atoms with Crippen LogP contribution in [0.3, 0.4) is 0 Å². The Kier molecular flexibility index (Phi) is 5.93. The zero-order chi connectivity index (χ0) is 18.4. The predicted molar refractivity (Wildman–Crippen MR) is 98.4 cm³/mol. The van der Waals surface area contributed by atoms with Gasteiger partial charge in [0, 0.05) is 25.3 Å². The number of hydrogen-bond acceptors (Lipinski definition) is 5. The summed E-state index contributed by atoms with van der Waals surface area (Å²) < 4.78 is 11.4. The van der Waals surface area contributed by atoms with Gasteiger partial charge in [0.05, 0.1) is 0 Å². The van der Waals surface area contributed by atoms with Gasteiger partial charge in [0.2, 0.25) is 0 Å². The van der Waals surface area contributed by atoms with E-state index in [2.05, 4.69) is 10.2 Å². The Morgan fingerprint density at radius 1 is 1.15 bits per heavy atom. The van der Waals surface area contributed by atoms with Crippen molar-refractivity contribution in [1.82, 2.24) is 4.90 Å². The summed E-state index contributed by atoms with van der Waals surface area (Å²) in [7, 11) is 0. The maximum absolute atomic E-state index is 10.8. The molecule has 3 rings (SSSR count). The molecule has 7 nitrogen and oxygen atoms in total. The molecular weight excluding hydrogens is 334 g/mol. The monoisotopic (exact) mass is 357 g/mol. The third kappa shape index (κ3) is 5.37. The normalized spacial score (nSPS) is 15.7. The van der Waals surface area contributed by atoms with Gasteiger partial charge in [-0.05, 0) is 36.4 Å². The largest absolute Gasteiger partial charge is 0.491 e. The highest BCUT2D eigenvalue weighted by molar-refractivity contribution is 5.87. The minimum atomic E-state index is -0.594. The summed E-state index contributed by atoms with van der Waals surface area (Å²) in [6.45, 7) is 2.32. The first-order valence-corrected chi connectivity index (χ1v) is 8.50. The van der Waals surface area contributed by atoms with Crippen LogP contribution in [0, 0.1) is 0 Å². The second-order valence-corrected chi connectivity index (χ2v) is 6.25. The number of nitrogens with one attached hydrogen (secondary N) is 1. The lowest BCUT2D eigenvalue weighted by molar-refractivity contribution is -0.0174. The van der Waals surface area contributed by atoms with Gasteiger partial charge in [0.15, 0.2) is 0 Å². The zero-order valence-corrected chi connectivity index (χ0v) is 14.4. The molecule has 0 spiro atoms. The highest BCUT2D eigenvalue weighted by Gasteiger charge is 2.29. The first-order chi connectivity index (χ1) is 12.6. The van der Waals surface area contributed by atoms with Crippen molar-refractivity contribution in [2.45, 2.75) is 12.2 Å². The third-order valence-electron chi connectivity index (χ3n) is 4.00. The van der Waals surface area contributed by atoms with E-state index in [0.29, 0.717) is 12.2 Å². The molecule has 0 aromatic heterocycles. The first-order valence-electron chi connectivity index (χ1n) is 8.50. The number of primary amides is 1. The Morgan fingerprint density at radius 2 is 1.85 bits per heavy atom. The molecule has 1 heterocycles. The molecule has 0 bridgehead atoms. The van der Waals surface area contributed by atoms with Crippen LogP contribution in [0.4, 0.5) is 10.5 Å². The number of nitrogens with two attached hydrogens (primary N) is 1. The van der Waals surface area contributed by atoms with Gasteiger partial charge in [-0.2, -0.15) is 0 Å². The van der Waals surface area contributed by atoms with Crippen molar-refractivity contribution in [3.05, 3.63) is 54.6 Å². The Morgan fingerprint density at radius 3 is 2.50 bits per heavy atom. The van der Waals surface area contributed by atoms with Crippen LogP contribution < -0.4 is 20.5 Å². The zero-order valence-electron chi connectivity index (χ0n) is 14.4. The van der Waals surface area contributed by atoms with Crippen molar-refractivity contribution >= 4 is 11.7 Å². The van der Waals surface area contributed by atoms with Gasteiger partial charge in [0.25, 0.3) is 0 Å². The van der Waals surface area contributed by atoms with Crippen LogP contribution in [0.1, 0.15) is 0 Å². The van der Waals surface area contributed by atoms with E-state index in [9.17, 15) is 9.90 Å². The van der Waals surface area contributed by atoms with E-state index in [1.165, 1.54) is 0 Å². The highest BCUT2D eigenvalue weighted by Crippen LogP contribution is 2.20. The Bertz CT molecular complexity index is 702. The molecular formula is C19H23N3O4. The van der Waals surface area contributed by atoms with Crippen molar-refractivity contribution in [1.29, 1.82) is 0 Å². The Balaban J connectivity index is 1.34. The van der Waals surface area contributed by atoms with Gasteiger partial charge in [-0.3, -0.25) is 4.90 Å². The number of aliphatic hydroxyl groups excluding tert-OH is 1. The minimum Gasteiger partial charge on any atom is -0.491 e. The van der Waals surface area contributed by atoms with Crippen LogP contribution in [-0.2, 0) is 0 Å². The molecule has 1 unspecified atom stereocenters. The van der Waals surface area contributed by atoms with Crippen LogP contribution in [0.2, 0.25) is 0 Å². The van der Waals surface area contributed by atoms with E-state index in [-0.39, 0.29) is 12.7 Å². The summed E-state index contributed by atoms with van der Waals surface area (Å²) in [6, 6.07) is 15.9. The molecule has 0 saturated carbocycles. The number of amides is 2. The lowest BCUT2D eigenvalue weighted by atomic mass is 10.1. The van der Waals surface area contributed by atoms with E-state index in [0.717, 1.165) is 24.6 Å². The lowest BCUT2D eigenvalue weighted by Crippen LogP contribution is -2.56. The molecule has 1 fully saturated rings. The molecule has 7 heteroatoms. The number of β-amino-alcohol motifs (C(OH)–C–C–N with tert-alkyl or cyclic N) is 1. The topological polar surface area (TPSA) is 97.1 Å². The van der Waals surface area contributed by atoms with Crippen molar-refractivity contribution in [3.8, 4) is 11.5 Å². The summed E-state index contributed by atoms with van der Waals surface area (Å²) in [6.07, 6.45) is -0.456. The van der Waals surface area contributed by atoms with E-state index in [4.69, 9.17) is 15.2 Å². The van der Waals surface area contributed by atoms with Crippen LogP contribution in [-0.4, -0.2) is 54.5 Å². The number of ether oxygens (including phenoxy) is 2. The summed E-state index contributed by atoms with van der Waals surface area (Å²) in [5.74, 6) is 1.49. The van der Waals surface area contributed by atoms with Gasteiger partial charge < -0.3 is 25.6 Å². The molecule has 2 aromatic rings. The number of aliphatic hydroxyl groups is 1. The molecule has 4 N–H and O–H groups in total. The maximum atomic E-state index is 10.8. The molecule has 1 aliphatic rings. The number of nitrogens with zero attached hydrogens (tertiary/aromatic N) is 1. The molecule has 1 aliphatic heterocycles. The second-order valence-electron chi connectivity index (χ2n) is 6.25. The number of carbonyl (C=O) groups is 1. The van der Waals surface area contributed by atoms with Crippen LogP contribution in [0.15, 0.2) is 54.6 Å². The molecule has 1 atom stereocenters. The third-order valence-corrected chi connectivity index (χ3v) is 4.00. The summed E-state index contributed by atoms with van der Waals surface area (Å²) in [4.78, 5) is 12.9. The van der Waals surface area contributed by atoms with E-state index >= 15 is 0 Å². The smallest absolute Gasteiger partial charge is 0.316 e. The molecule has 1 saturated heterocycles. The molecule has 0 radical (unpaired) electrons. The summed E-state index contributed by atoms with van der Waals surface area (Å²) >= 11 is 0. The second kappa shape index (κ2) is 8.55. The fourth-order valence-corrected chi connectivity index (χ4v) is 2.76. The molecule has 2 amide bonds. The van der Waals surface area contributed by atoms with Gasteiger partial charge in [-0.1, -0.05) is 18.2 Å². The van der Waals surface area contributed by atoms with Gasteiger partial charge in [-0.25, -0.2) is 4.79 Å². The van der Waals surface area contributed by atoms with Gasteiger partial charge in [0.1, 0.15) is 30.3 Å². The number of carbonyl (C=O) groups excluding carboxylic acids is 1. The molecule has 26 heavy (non-hydrogen) atoms. The standard InChI is InChI=1S/C19H23N3O4/c20-19(24)21-14-6-8-17(9-7-14)26-18-11-22(12-18)10-15(23)13-25-16-4-2-1-3-5-16/h1-9,15,18,23H,10-13H2,(H3,20,21,24). The highest BCUT2D eigenvalue weighted by atomic mass is 16.5. The number of benzene rings is 2. The fourth-order valence-electron chi connectivity index (χ4n) is 2.76. The minimum absolute atomic E-state index is 0.0900. The van der Waals surface area contributed by atoms with Crippen LogP contribution in [0.25, 0.3) is 0 Å². The number of likely N-dealkylation sites (tertiary alicyclic amines) is 1. The molecule has 2 aromatic carbocycles. The first kappa shape index (κ1) is 18.0. The van der Waals surface area contributed by atoms with Gasteiger partial charge >= 0.3 is 6.03 Å². The number of anilines is 1. The molecule has 138 valence electrons. The fraction of sp³-hybridized carbons (Fsp3) is 0.316. The number of rotatable bonds is 8. The average molecular weight is 357 g/mol. The van der Waals surface area contributed by atoms with Crippen molar-refractivity contribution < 1.29 is 19.4 Å². The van der Waals surface area contributed by atoms with Crippen LogP contribution in [0.5, 0.6) is 11.5 Å². The molecule has 0 aliphatic carbocycles. The van der Waals surface area contributed by atoms with E-state index in [1.807, 2.05) is 30.3 Å². The summed E-state index contributed by atoms with van der Waals surface area (Å²) in [5.41, 5.74) is 5.69. The quantitative estimate of drug-likeness (QED) is 0.668. The number of urea groups is 1. The number of hydrogen-bond donors (Lipinski definition) is 3. The predicted octanol–water partition coefficient (Wildman–Crippen LogP) is 1.68. The van der Waals surface area contributed by atoms with Crippen molar-refractivity contribution in [3.63, 3.8) is 0 Å². The average Bonchev–Trinajstić information content (AvgIpc) is 2.60. The Labute approximate surface area is 152 Å². The van der Waals surface area contributed by atoms with E-state index in [1.54, 1.807) is 24.3 Å². The van der Waals surface area contributed by atoms with E-state index < -0.39 is 12.1 Å².